The van der Waals surface area contributed by atoms with Crippen LogP contribution in [-0.4, -0.2) is 45.7 Å². The van der Waals surface area contributed by atoms with Gasteiger partial charge in [-0.3, -0.25) is 0 Å². The van der Waals surface area contributed by atoms with Crippen molar-refractivity contribution in [2.45, 2.75) is 25.8 Å². The third-order valence-electron chi connectivity index (χ3n) is 3.16. The molecule has 19 heavy (non-hydrogen) atoms. The summed E-state index contributed by atoms with van der Waals surface area (Å²) in [4.78, 5) is 24.8. The van der Waals surface area contributed by atoms with E-state index in [-0.39, 0.29) is 17.2 Å². The van der Waals surface area contributed by atoms with E-state index in [1.54, 1.807) is 4.90 Å². The minimum Gasteiger partial charge on any atom is -0.480 e. The zero-order valence-corrected chi connectivity index (χ0v) is 11.5. The summed E-state index contributed by atoms with van der Waals surface area (Å²) in [6, 6.07) is -0.565. The fourth-order valence-corrected chi connectivity index (χ4v) is 2.30. The van der Waals surface area contributed by atoms with Gasteiger partial charge in [-0.05, 0) is 30.4 Å². The van der Waals surface area contributed by atoms with Crippen molar-refractivity contribution in [3.8, 4) is 6.01 Å². The molecular formula is C11H15ClN4O3. The Balaban J connectivity index is 2.33. The van der Waals surface area contributed by atoms with Gasteiger partial charge in [0.2, 0.25) is 11.2 Å². The molecule has 2 heterocycles. The monoisotopic (exact) mass is 286 g/mol. The molecular weight excluding hydrogens is 272 g/mol. The number of nitrogens with zero attached hydrogens (tertiary/aromatic N) is 4. The Morgan fingerprint density at radius 2 is 2.21 bits per heavy atom. The van der Waals surface area contributed by atoms with E-state index < -0.39 is 12.0 Å². The molecule has 0 spiro atoms. The second-order valence-electron chi connectivity index (χ2n) is 4.57. The molecule has 1 saturated heterocycles. The molecule has 1 aromatic heterocycles. The number of carboxylic acids is 1. The van der Waals surface area contributed by atoms with Crippen LogP contribution in [0, 0.1) is 5.92 Å². The highest BCUT2D eigenvalue weighted by Gasteiger charge is 2.33. The number of carbonyl (C=O) groups is 1. The third kappa shape index (κ3) is 3.04. The Labute approximate surface area is 115 Å². The van der Waals surface area contributed by atoms with Crippen molar-refractivity contribution < 1.29 is 14.6 Å². The van der Waals surface area contributed by atoms with E-state index in [1.807, 2.05) is 6.92 Å². The molecule has 1 fully saturated rings. The first-order valence-electron chi connectivity index (χ1n) is 5.96. The van der Waals surface area contributed by atoms with Gasteiger partial charge < -0.3 is 14.7 Å². The van der Waals surface area contributed by atoms with E-state index in [4.69, 9.17) is 16.3 Å². The summed E-state index contributed by atoms with van der Waals surface area (Å²) >= 11 is 5.79. The SMILES string of the molecule is COc1nc(Cl)nc(N2CCC(C)CC2C(=O)O)n1. The zero-order chi connectivity index (χ0) is 14.0. The van der Waals surface area contributed by atoms with E-state index >= 15 is 0 Å². The Bertz CT molecular complexity index is 485. The Kier molecular flexibility index (Phi) is 4.04. The summed E-state index contributed by atoms with van der Waals surface area (Å²) < 4.78 is 4.92. The maximum atomic E-state index is 11.3. The lowest BCUT2D eigenvalue weighted by molar-refractivity contribution is -0.139. The molecule has 2 atom stereocenters. The standard InChI is InChI=1S/C11H15ClN4O3/c1-6-3-4-16(7(5-6)8(17)18)10-13-9(12)14-11(15-10)19-2/h6-7H,3-5H2,1-2H3,(H,17,18). The van der Waals surface area contributed by atoms with E-state index in [0.29, 0.717) is 18.9 Å². The minimum atomic E-state index is -0.887. The van der Waals surface area contributed by atoms with Crippen LogP contribution in [0.15, 0.2) is 0 Å². The van der Waals surface area contributed by atoms with Gasteiger partial charge in [0.05, 0.1) is 7.11 Å². The van der Waals surface area contributed by atoms with E-state index in [0.717, 1.165) is 6.42 Å². The lowest BCUT2D eigenvalue weighted by Gasteiger charge is -2.35. The largest absolute Gasteiger partial charge is 0.480 e. The number of piperidine rings is 1. The van der Waals surface area contributed by atoms with Crippen molar-refractivity contribution in [3.63, 3.8) is 0 Å². The summed E-state index contributed by atoms with van der Waals surface area (Å²) in [7, 11) is 1.42. The highest BCUT2D eigenvalue weighted by Crippen LogP contribution is 2.27. The van der Waals surface area contributed by atoms with Crippen LogP contribution in [0.25, 0.3) is 0 Å². The van der Waals surface area contributed by atoms with Gasteiger partial charge in [0.25, 0.3) is 0 Å². The maximum Gasteiger partial charge on any atom is 0.326 e. The summed E-state index contributed by atoms with van der Waals surface area (Å²) in [5.74, 6) is -0.283. The van der Waals surface area contributed by atoms with Crippen molar-refractivity contribution in [1.29, 1.82) is 0 Å². The topological polar surface area (TPSA) is 88.4 Å². The molecule has 2 rings (SSSR count). The number of halogens is 1. The Hall–Kier alpha value is -1.63. The molecule has 0 radical (unpaired) electrons. The number of ether oxygens (including phenoxy) is 1. The van der Waals surface area contributed by atoms with Gasteiger partial charge >= 0.3 is 12.0 Å². The van der Waals surface area contributed by atoms with Gasteiger partial charge in [0, 0.05) is 6.54 Å². The summed E-state index contributed by atoms with van der Waals surface area (Å²) in [6.45, 7) is 2.61. The van der Waals surface area contributed by atoms with Crippen LogP contribution in [0.2, 0.25) is 5.28 Å². The molecule has 8 heteroatoms. The lowest BCUT2D eigenvalue weighted by Crippen LogP contribution is -2.47. The predicted octanol–water partition coefficient (Wildman–Crippen LogP) is 1.22. The van der Waals surface area contributed by atoms with Crippen LogP contribution in [0.1, 0.15) is 19.8 Å². The van der Waals surface area contributed by atoms with Gasteiger partial charge in [-0.25, -0.2) is 4.79 Å². The molecule has 104 valence electrons. The number of methoxy groups -OCH3 is 1. The molecule has 7 nitrogen and oxygen atoms in total. The smallest absolute Gasteiger partial charge is 0.326 e. The van der Waals surface area contributed by atoms with Gasteiger partial charge in [-0.1, -0.05) is 6.92 Å². The fraction of sp³-hybridized carbons (Fsp3) is 0.636. The number of rotatable bonds is 3. The molecule has 2 unspecified atom stereocenters. The van der Waals surface area contributed by atoms with Gasteiger partial charge in [0.15, 0.2) is 0 Å². The van der Waals surface area contributed by atoms with Crippen molar-refractivity contribution in [2.24, 2.45) is 5.92 Å². The number of aliphatic carboxylic acids is 1. The second-order valence-corrected chi connectivity index (χ2v) is 4.91. The summed E-state index contributed by atoms with van der Waals surface area (Å²) in [5.41, 5.74) is 0. The molecule has 1 aliphatic heterocycles. The summed E-state index contributed by atoms with van der Waals surface area (Å²) in [6.07, 6.45) is 1.44. The van der Waals surface area contributed by atoms with Crippen LogP contribution < -0.4 is 9.64 Å². The van der Waals surface area contributed by atoms with E-state index in [2.05, 4.69) is 15.0 Å². The fourth-order valence-electron chi connectivity index (χ4n) is 2.16. The maximum absolute atomic E-state index is 11.3. The first-order chi connectivity index (χ1) is 9.01. The molecule has 1 aromatic rings. The van der Waals surface area contributed by atoms with E-state index in [9.17, 15) is 9.90 Å². The first kappa shape index (κ1) is 13.8. The molecule has 0 amide bonds. The average Bonchev–Trinajstić information content (AvgIpc) is 2.37. The minimum absolute atomic E-state index is 0.00962. The van der Waals surface area contributed by atoms with Crippen LogP contribution in [0.4, 0.5) is 5.95 Å². The molecule has 1 aliphatic rings. The van der Waals surface area contributed by atoms with Gasteiger partial charge in [0.1, 0.15) is 6.04 Å². The quantitative estimate of drug-likeness (QED) is 0.893. The average molecular weight is 287 g/mol. The third-order valence-corrected chi connectivity index (χ3v) is 3.33. The number of anilines is 1. The molecule has 0 aromatic carbocycles. The zero-order valence-electron chi connectivity index (χ0n) is 10.7. The highest BCUT2D eigenvalue weighted by molar-refractivity contribution is 6.28. The summed E-state index contributed by atoms with van der Waals surface area (Å²) in [5, 5.41) is 9.30. The Morgan fingerprint density at radius 1 is 1.47 bits per heavy atom. The second kappa shape index (κ2) is 5.56. The van der Waals surface area contributed by atoms with Crippen molar-refractivity contribution >= 4 is 23.5 Å². The van der Waals surface area contributed by atoms with Gasteiger partial charge in [-0.2, -0.15) is 15.0 Å². The predicted molar refractivity (Wildman–Crippen MR) is 68.6 cm³/mol. The number of hydrogen-bond donors (Lipinski definition) is 1. The van der Waals surface area contributed by atoms with Gasteiger partial charge in [-0.15, -0.1) is 0 Å². The number of hydrogen-bond acceptors (Lipinski definition) is 6. The van der Waals surface area contributed by atoms with Crippen LogP contribution in [-0.2, 0) is 4.79 Å². The molecule has 0 bridgehead atoms. The van der Waals surface area contributed by atoms with Crippen molar-refractivity contribution in [2.75, 3.05) is 18.6 Å². The van der Waals surface area contributed by atoms with Crippen LogP contribution in [0.5, 0.6) is 6.01 Å². The normalized spacial score (nSPS) is 23.2. The van der Waals surface area contributed by atoms with E-state index in [1.165, 1.54) is 7.11 Å². The molecule has 1 N–H and O–H groups in total. The number of carboxylic acid groups (broad SMARTS) is 1. The number of aromatic nitrogens is 3. The van der Waals surface area contributed by atoms with Crippen LogP contribution in [0.3, 0.4) is 0 Å². The van der Waals surface area contributed by atoms with Crippen molar-refractivity contribution in [3.05, 3.63) is 5.28 Å². The highest BCUT2D eigenvalue weighted by atomic mass is 35.5. The first-order valence-corrected chi connectivity index (χ1v) is 6.34. The Morgan fingerprint density at radius 3 is 2.84 bits per heavy atom. The molecule has 0 aliphatic carbocycles. The molecule has 0 saturated carbocycles. The lowest BCUT2D eigenvalue weighted by atomic mass is 9.93. The van der Waals surface area contributed by atoms with Crippen molar-refractivity contribution in [1.82, 2.24) is 15.0 Å². The van der Waals surface area contributed by atoms with Crippen LogP contribution >= 0.6 is 11.6 Å².